The van der Waals surface area contributed by atoms with Crippen molar-refractivity contribution in [1.82, 2.24) is 0 Å². The molecule has 0 amide bonds. The lowest BCUT2D eigenvalue weighted by Gasteiger charge is -2.22. The molecule has 19 heavy (non-hydrogen) atoms. The quantitative estimate of drug-likeness (QED) is 0.376. The topological polar surface area (TPSA) is 77.1 Å². The second kappa shape index (κ2) is 6.49. The normalized spacial score (nSPS) is 17.6. The summed E-state index contributed by atoms with van der Waals surface area (Å²) in [5.74, 6) is -0.554. The van der Waals surface area contributed by atoms with E-state index in [0.717, 1.165) is 12.8 Å². The third-order valence-corrected chi connectivity index (χ3v) is 3.02. The maximum absolute atomic E-state index is 13.4. The molecule has 6 heteroatoms. The van der Waals surface area contributed by atoms with Gasteiger partial charge in [0.25, 0.3) is 0 Å². The van der Waals surface area contributed by atoms with E-state index in [0.29, 0.717) is 30.9 Å². The van der Waals surface area contributed by atoms with E-state index in [1.807, 2.05) is 0 Å². The predicted octanol–water partition coefficient (Wildman–Crippen LogP) is 1.62. The first-order valence-electron chi connectivity index (χ1n) is 6.16. The van der Waals surface area contributed by atoms with Crippen molar-refractivity contribution in [2.24, 2.45) is 10.9 Å². The van der Waals surface area contributed by atoms with Gasteiger partial charge in [0.1, 0.15) is 5.82 Å². The van der Waals surface area contributed by atoms with Gasteiger partial charge >= 0.3 is 0 Å². The molecule has 0 radical (unpaired) electrons. The molecule has 2 rings (SSSR count). The van der Waals surface area contributed by atoms with Gasteiger partial charge in [0.2, 0.25) is 0 Å². The smallest absolute Gasteiger partial charge is 0.170 e. The van der Waals surface area contributed by atoms with Gasteiger partial charge in [-0.05, 0) is 36.6 Å². The molecule has 5 nitrogen and oxygen atoms in total. The van der Waals surface area contributed by atoms with Gasteiger partial charge in [-0.15, -0.1) is 0 Å². The fraction of sp³-hybridized carbons (Fsp3) is 0.462. The number of hydrogen-bond acceptors (Lipinski definition) is 4. The highest BCUT2D eigenvalue weighted by Gasteiger charge is 2.14. The maximum Gasteiger partial charge on any atom is 0.170 e. The molecule has 1 heterocycles. The van der Waals surface area contributed by atoms with E-state index in [2.05, 4.69) is 5.16 Å². The molecule has 1 fully saturated rings. The van der Waals surface area contributed by atoms with Gasteiger partial charge < -0.3 is 20.4 Å². The molecular formula is C13H17FN2O3. The van der Waals surface area contributed by atoms with E-state index >= 15 is 0 Å². The Bertz CT molecular complexity index is 459. The molecule has 104 valence electrons. The molecule has 0 bridgehead atoms. The van der Waals surface area contributed by atoms with Crippen LogP contribution in [0.15, 0.2) is 23.4 Å². The summed E-state index contributed by atoms with van der Waals surface area (Å²) in [7, 11) is 0. The molecule has 1 aliphatic rings. The van der Waals surface area contributed by atoms with Crippen LogP contribution in [-0.2, 0) is 16.1 Å². The standard InChI is InChI=1S/C13H17FN2O3/c14-11-6-9(5-10(7-11)13(15)16-17)8-19-12-1-3-18-4-2-12/h5-7,12,17H,1-4,8H2,(H2,15,16). The van der Waals surface area contributed by atoms with Crippen molar-refractivity contribution >= 4 is 5.84 Å². The molecule has 0 unspecified atom stereocenters. The van der Waals surface area contributed by atoms with E-state index in [1.165, 1.54) is 12.1 Å². The van der Waals surface area contributed by atoms with Gasteiger partial charge in [0.15, 0.2) is 5.84 Å². The zero-order valence-corrected chi connectivity index (χ0v) is 10.5. The minimum absolute atomic E-state index is 0.119. The van der Waals surface area contributed by atoms with Crippen LogP contribution >= 0.6 is 0 Å². The highest BCUT2D eigenvalue weighted by atomic mass is 19.1. The van der Waals surface area contributed by atoms with Crippen LogP contribution in [0.1, 0.15) is 24.0 Å². The number of halogens is 1. The Kier molecular flexibility index (Phi) is 4.70. The van der Waals surface area contributed by atoms with E-state index in [9.17, 15) is 4.39 Å². The Hall–Kier alpha value is -1.66. The maximum atomic E-state index is 13.4. The number of oxime groups is 1. The van der Waals surface area contributed by atoms with Gasteiger partial charge in [0.05, 0.1) is 12.7 Å². The fourth-order valence-electron chi connectivity index (χ4n) is 2.00. The summed E-state index contributed by atoms with van der Waals surface area (Å²) in [5.41, 5.74) is 6.45. The number of hydrogen-bond donors (Lipinski definition) is 2. The minimum Gasteiger partial charge on any atom is -0.409 e. The molecule has 1 aromatic rings. The van der Waals surface area contributed by atoms with E-state index in [1.54, 1.807) is 6.07 Å². The van der Waals surface area contributed by atoms with Gasteiger partial charge in [0, 0.05) is 18.8 Å². The summed E-state index contributed by atoms with van der Waals surface area (Å²) in [6.45, 7) is 1.69. The number of nitrogens with zero attached hydrogens (tertiary/aromatic N) is 1. The van der Waals surface area contributed by atoms with Gasteiger partial charge in [-0.1, -0.05) is 5.16 Å². The van der Waals surface area contributed by atoms with Crippen molar-refractivity contribution in [2.45, 2.75) is 25.6 Å². The van der Waals surface area contributed by atoms with Crippen LogP contribution < -0.4 is 5.73 Å². The molecule has 3 N–H and O–H groups in total. The minimum atomic E-state index is -0.435. The van der Waals surface area contributed by atoms with Crippen molar-refractivity contribution in [3.8, 4) is 0 Å². The average Bonchev–Trinajstić information content (AvgIpc) is 2.45. The van der Waals surface area contributed by atoms with Crippen LogP contribution in [0, 0.1) is 5.82 Å². The summed E-state index contributed by atoms with van der Waals surface area (Å²) < 4.78 is 24.4. The second-order valence-electron chi connectivity index (χ2n) is 4.46. The predicted molar refractivity (Wildman–Crippen MR) is 67.5 cm³/mol. The van der Waals surface area contributed by atoms with Crippen molar-refractivity contribution in [2.75, 3.05) is 13.2 Å². The number of rotatable bonds is 4. The first-order chi connectivity index (χ1) is 9.19. The van der Waals surface area contributed by atoms with E-state index < -0.39 is 5.82 Å². The molecule has 0 spiro atoms. The average molecular weight is 268 g/mol. The Morgan fingerprint density at radius 1 is 1.42 bits per heavy atom. The van der Waals surface area contributed by atoms with Crippen LogP contribution in [0.25, 0.3) is 0 Å². The largest absolute Gasteiger partial charge is 0.409 e. The number of nitrogens with two attached hydrogens (primary N) is 1. The summed E-state index contributed by atoms with van der Waals surface area (Å²) in [4.78, 5) is 0. The molecule has 0 aromatic heterocycles. The highest BCUT2D eigenvalue weighted by Crippen LogP contribution is 2.15. The van der Waals surface area contributed by atoms with E-state index in [-0.39, 0.29) is 11.9 Å². The van der Waals surface area contributed by atoms with Crippen LogP contribution in [0.2, 0.25) is 0 Å². The first kappa shape index (κ1) is 13.8. The molecule has 0 saturated carbocycles. The Morgan fingerprint density at radius 3 is 2.84 bits per heavy atom. The SMILES string of the molecule is N/C(=N/O)c1cc(F)cc(COC2CCOCC2)c1. The molecule has 0 aliphatic carbocycles. The van der Waals surface area contributed by atoms with Crippen molar-refractivity contribution in [3.63, 3.8) is 0 Å². The molecule has 1 aromatic carbocycles. The monoisotopic (exact) mass is 268 g/mol. The van der Waals surface area contributed by atoms with E-state index in [4.69, 9.17) is 20.4 Å². The Morgan fingerprint density at radius 2 is 2.16 bits per heavy atom. The van der Waals surface area contributed by atoms with Crippen molar-refractivity contribution in [3.05, 3.63) is 35.1 Å². The Labute approximate surface area is 110 Å². The zero-order valence-electron chi connectivity index (χ0n) is 10.5. The molecule has 0 atom stereocenters. The molecule has 1 saturated heterocycles. The van der Waals surface area contributed by atoms with Gasteiger partial charge in [-0.3, -0.25) is 0 Å². The lowest BCUT2D eigenvalue weighted by atomic mass is 10.1. The summed E-state index contributed by atoms with van der Waals surface area (Å²) in [5, 5.41) is 11.5. The molecule has 1 aliphatic heterocycles. The lowest BCUT2D eigenvalue weighted by molar-refractivity contribution is -0.0391. The first-order valence-corrected chi connectivity index (χ1v) is 6.16. The Balaban J connectivity index is 2.01. The van der Waals surface area contributed by atoms with Crippen LogP contribution in [0.5, 0.6) is 0 Å². The summed E-state index contributed by atoms with van der Waals surface area (Å²) in [6.07, 6.45) is 1.84. The summed E-state index contributed by atoms with van der Waals surface area (Å²) >= 11 is 0. The number of amidine groups is 1. The van der Waals surface area contributed by atoms with Gasteiger partial charge in [-0.25, -0.2) is 4.39 Å². The highest BCUT2D eigenvalue weighted by molar-refractivity contribution is 5.97. The van der Waals surface area contributed by atoms with Gasteiger partial charge in [-0.2, -0.15) is 0 Å². The second-order valence-corrected chi connectivity index (χ2v) is 4.46. The third kappa shape index (κ3) is 3.90. The molecular weight excluding hydrogens is 251 g/mol. The third-order valence-electron chi connectivity index (χ3n) is 3.02. The summed E-state index contributed by atoms with van der Waals surface area (Å²) in [6, 6.07) is 4.25. The van der Waals surface area contributed by atoms with Crippen LogP contribution in [0.4, 0.5) is 4.39 Å². The number of ether oxygens (including phenoxy) is 2. The lowest BCUT2D eigenvalue weighted by Crippen LogP contribution is -2.23. The van der Waals surface area contributed by atoms with Crippen molar-refractivity contribution in [1.29, 1.82) is 0 Å². The number of benzene rings is 1. The van der Waals surface area contributed by atoms with Crippen LogP contribution in [0.3, 0.4) is 0 Å². The van der Waals surface area contributed by atoms with Crippen LogP contribution in [-0.4, -0.2) is 30.4 Å². The van der Waals surface area contributed by atoms with Crippen molar-refractivity contribution < 1.29 is 19.1 Å². The fourth-order valence-corrected chi connectivity index (χ4v) is 2.00. The zero-order chi connectivity index (χ0) is 13.7.